The summed E-state index contributed by atoms with van der Waals surface area (Å²) in [7, 11) is 0. The van der Waals surface area contributed by atoms with Crippen LogP contribution >= 0.6 is 11.3 Å². The van der Waals surface area contributed by atoms with Gasteiger partial charge in [0.2, 0.25) is 0 Å². The molecule has 1 aliphatic rings. The summed E-state index contributed by atoms with van der Waals surface area (Å²) in [5, 5.41) is 2.02. The highest BCUT2D eigenvalue weighted by atomic mass is 32.1. The number of fused-ring (bicyclic) bond motifs is 3. The van der Waals surface area contributed by atoms with E-state index in [0.29, 0.717) is 17.9 Å². The van der Waals surface area contributed by atoms with E-state index in [1.807, 2.05) is 30.5 Å². The van der Waals surface area contributed by atoms with Crippen LogP contribution in [0.1, 0.15) is 22.7 Å². The van der Waals surface area contributed by atoms with Gasteiger partial charge in [-0.05, 0) is 32.0 Å². The molecular formula is C19H20N6OS. The van der Waals surface area contributed by atoms with Crippen molar-refractivity contribution in [2.45, 2.75) is 25.9 Å². The van der Waals surface area contributed by atoms with E-state index in [4.69, 9.17) is 5.73 Å². The number of rotatable bonds is 4. The zero-order chi connectivity index (χ0) is 18.4. The van der Waals surface area contributed by atoms with Gasteiger partial charge < -0.3 is 10.7 Å². The van der Waals surface area contributed by atoms with Crippen molar-refractivity contribution in [1.82, 2.24) is 24.4 Å². The number of aromatic nitrogens is 4. The molecule has 27 heavy (non-hydrogen) atoms. The fourth-order valence-corrected chi connectivity index (χ4v) is 4.78. The zero-order valence-corrected chi connectivity index (χ0v) is 15.6. The van der Waals surface area contributed by atoms with Crippen molar-refractivity contribution >= 4 is 39.1 Å². The molecule has 4 heterocycles. The van der Waals surface area contributed by atoms with Crippen LogP contribution in [-0.4, -0.2) is 37.5 Å². The van der Waals surface area contributed by atoms with E-state index in [2.05, 4.69) is 19.9 Å². The number of para-hydroxylation sites is 1. The highest BCUT2D eigenvalue weighted by Gasteiger charge is 2.17. The van der Waals surface area contributed by atoms with E-state index in [1.54, 1.807) is 15.9 Å². The van der Waals surface area contributed by atoms with Gasteiger partial charge in [-0.15, -0.1) is 11.3 Å². The molecule has 1 saturated heterocycles. The van der Waals surface area contributed by atoms with Crippen LogP contribution in [-0.2, 0) is 13.1 Å². The van der Waals surface area contributed by atoms with Crippen LogP contribution in [0.2, 0.25) is 0 Å². The van der Waals surface area contributed by atoms with Gasteiger partial charge in [-0.25, -0.2) is 14.8 Å². The van der Waals surface area contributed by atoms with Gasteiger partial charge in [-0.1, -0.05) is 18.2 Å². The Morgan fingerprint density at radius 2 is 2.00 bits per heavy atom. The lowest BCUT2D eigenvalue weighted by molar-refractivity contribution is 0.331. The fourth-order valence-electron chi connectivity index (χ4n) is 3.83. The quantitative estimate of drug-likeness (QED) is 0.568. The standard InChI is InChI=1S/C19H20N6OS/c20-18-16-17(13-5-1-2-6-14(13)22-18)25(19(26)23-16)10-12-9-21-15(27-12)11-24-7-3-4-8-24/h1-2,5-6,9H,3-4,7-8,10-11H2,(H2,20,22)(H,23,26). The molecule has 3 aromatic heterocycles. The normalized spacial score (nSPS) is 15.3. The van der Waals surface area contributed by atoms with E-state index < -0.39 is 0 Å². The van der Waals surface area contributed by atoms with Crippen molar-refractivity contribution in [2.75, 3.05) is 18.8 Å². The molecule has 138 valence electrons. The summed E-state index contributed by atoms with van der Waals surface area (Å²) in [6.07, 6.45) is 4.42. The van der Waals surface area contributed by atoms with Gasteiger partial charge in [0.15, 0.2) is 0 Å². The first kappa shape index (κ1) is 16.5. The van der Waals surface area contributed by atoms with E-state index in [1.165, 1.54) is 12.8 Å². The van der Waals surface area contributed by atoms with Crippen LogP contribution in [0, 0.1) is 0 Å². The molecular weight excluding hydrogens is 360 g/mol. The van der Waals surface area contributed by atoms with Crippen LogP contribution in [0.25, 0.3) is 21.9 Å². The number of hydrogen-bond donors (Lipinski definition) is 2. The van der Waals surface area contributed by atoms with E-state index in [9.17, 15) is 4.79 Å². The number of likely N-dealkylation sites (tertiary alicyclic amines) is 1. The van der Waals surface area contributed by atoms with Gasteiger partial charge in [-0.2, -0.15) is 0 Å². The molecule has 0 unspecified atom stereocenters. The molecule has 1 fully saturated rings. The topological polar surface area (TPSA) is 92.8 Å². The van der Waals surface area contributed by atoms with Gasteiger partial charge in [0.25, 0.3) is 0 Å². The minimum atomic E-state index is -0.177. The average molecular weight is 380 g/mol. The number of imidazole rings is 1. The average Bonchev–Trinajstić information content (AvgIpc) is 3.39. The van der Waals surface area contributed by atoms with Crippen LogP contribution < -0.4 is 11.4 Å². The number of aromatic amines is 1. The molecule has 1 aliphatic heterocycles. The second-order valence-corrected chi connectivity index (χ2v) is 8.16. The van der Waals surface area contributed by atoms with Crippen LogP contribution in [0.4, 0.5) is 5.82 Å². The first-order valence-electron chi connectivity index (χ1n) is 9.12. The summed E-state index contributed by atoms with van der Waals surface area (Å²) in [5.74, 6) is 0.346. The minimum absolute atomic E-state index is 0.177. The highest BCUT2D eigenvalue weighted by Crippen LogP contribution is 2.27. The molecule has 4 aromatic rings. The third-order valence-corrected chi connectivity index (χ3v) is 6.08. The third-order valence-electron chi connectivity index (χ3n) is 5.11. The largest absolute Gasteiger partial charge is 0.382 e. The zero-order valence-electron chi connectivity index (χ0n) is 14.8. The maximum Gasteiger partial charge on any atom is 0.326 e. The number of nitrogens with zero attached hydrogens (tertiary/aromatic N) is 4. The summed E-state index contributed by atoms with van der Waals surface area (Å²) in [4.78, 5) is 28.0. The summed E-state index contributed by atoms with van der Waals surface area (Å²) >= 11 is 1.67. The summed E-state index contributed by atoms with van der Waals surface area (Å²) in [6, 6.07) is 7.75. The van der Waals surface area contributed by atoms with Crippen molar-refractivity contribution in [3.8, 4) is 0 Å². The smallest absolute Gasteiger partial charge is 0.326 e. The Kier molecular flexibility index (Phi) is 3.95. The Labute approximate surface area is 159 Å². The Morgan fingerprint density at radius 3 is 2.85 bits per heavy atom. The number of H-pyrrole nitrogens is 1. The maximum absolute atomic E-state index is 12.6. The number of nitrogens with one attached hydrogen (secondary N) is 1. The highest BCUT2D eigenvalue weighted by molar-refractivity contribution is 7.11. The Balaban J connectivity index is 1.54. The lowest BCUT2D eigenvalue weighted by Crippen LogP contribution is -2.18. The molecule has 3 N–H and O–H groups in total. The minimum Gasteiger partial charge on any atom is -0.382 e. The number of hydrogen-bond acceptors (Lipinski definition) is 6. The van der Waals surface area contributed by atoms with Gasteiger partial charge in [0, 0.05) is 16.5 Å². The third kappa shape index (κ3) is 2.90. The molecule has 0 aliphatic carbocycles. The number of pyridine rings is 1. The summed E-state index contributed by atoms with van der Waals surface area (Å²) in [6.45, 7) is 3.67. The maximum atomic E-state index is 12.6. The van der Waals surface area contributed by atoms with Crippen molar-refractivity contribution in [3.05, 3.63) is 50.8 Å². The molecule has 0 atom stereocenters. The van der Waals surface area contributed by atoms with Crippen molar-refractivity contribution in [1.29, 1.82) is 0 Å². The van der Waals surface area contributed by atoms with Gasteiger partial charge in [-0.3, -0.25) is 9.47 Å². The number of nitrogens with two attached hydrogens (primary N) is 1. The van der Waals surface area contributed by atoms with E-state index in [0.717, 1.165) is 45.9 Å². The molecule has 8 heteroatoms. The first-order chi connectivity index (χ1) is 13.2. The van der Waals surface area contributed by atoms with Crippen molar-refractivity contribution in [3.63, 3.8) is 0 Å². The van der Waals surface area contributed by atoms with E-state index >= 15 is 0 Å². The van der Waals surface area contributed by atoms with Gasteiger partial charge in [0.1, 0.15) is 16.3 Å². The Bertz CT molecular complexity index is 1180. The van der Waals surface area contributed by atoms with Crippen molar-refractivity contribution < 1.29 is 0 Å². The molecule has 0 radical (unpaired) electrons. The lowest BCUT2D eigenvalue weighted by Gasteiger charge is -2.11. The predicted molar refractivity (Wildman–Crippen MR) is 108 cm³/mol. The SMILES string of the molecule is Nc1nc2ccccc2c2c1[nH]c(=O)n2Cc1cnc(CN2CCCC2)s1. The second kappa shape index (κ2) is 6.47. The fraction of sp³-hybridized carbons (Fsp3) is 0.316. The summed E-state index contributed by atoms with van der Waals surface area (Å²) in [5.41, 5.74) is 8.09. The van der Waals surface area contributed by atoms with Crippen LogP contribution in [0.5, 0.6) is 0 Å². The van der Waals surface area contributed by atoms with E-state index in [-0.39, 0.29) is 5.69 Å². The monoisotopic (exact) mass is 380 g/mol. The molecule has 0 spiro atoms. The van der Waals surface area contributed by atoms with Gasteiger partial charge >= 0.3 is 5.69 Å². The number of nitrogen functional groups attached to an aromatic ring is 1. The van der Waals surface area contributed by atoms with Gasteiger partial charge in [0.05, 0.1) is 24.1 Å². The molecule has 0 amide bonds. The second-order valence-electron chi connectivity index (χ2n) is 6.96. The molecule has 5 rings (SSSR count). The summed E-state index contributed by atoms with van der Waals surface area (Å²) < 4.78 is 1.74. The molecule has 1 aromatic carbocycles. The van der Waals surface area contributed by atoms with Crippen LogP contribution in [0.15, 0.2) is 35.3 Å². The lowest BCUT2D eigenvalue weighted by atomic mass is 10.2. The predicted octanol–water partition coefficient (Wildman–Crippen LogP) is 2.56. The van der Waals surface area contributed by atoms with Crippen molar-refractivity contribution in [2.24, 2.45) is 0 Å². The van der Waals surface area contributed by atoms with Crippen LogP contribution in [0.3, 0.4) is 0 Å². The number of benzene rings is 1. The first-order valence-corrected chi connectivity index (χ1v) is 9.93. The Hall–Kier alpha value is -2.71. The molecule has 0 bridgehead atoms. The molecule has 0 saturated carbocycles. The number of thiazole rings is 1. The molecule has 7 nitrogen and oxygen atoms in total. The Morgan fingerprint density at radius 1 is 1.19 bits per heavy atom. The number of anilines is 1.